The number of carbonyl (C=O) groups is 3. The quantitative estimate of drug-likeness (QED) is 0.0261. The summed E-state index contributed by atoms with van der Waals surface area (Å²) < 4.78 is 16.8. The first kappa shape index (κ1) is 74.1. The van der Waals surface area contributed by atoms with Gasteiger partial charge in [-0.2, -0.15) is 0 Å². The molecule has 6 heteroatoms. The average Bonchev–Trinajstić information content (AvgIpc) is 3.43. The van der Waals surface area contributed by atoms with Gasteiger partial charge in [0.1, 0.15) is 13.2 Å². The third-order valence-corrected chi connectivity index (χ3v) is 15.0. The van der Waals surface area contributed by atoms with Crippen LogP contribution in [-0.2, 0) is 28.6 Å². The number of unbranched alkanes of at least 4 members (excludes halogenated alkanes) is 41. The van der Waals surface area contributed by atoms with Crippen LogP contribution in [0.25, 0.3) is 0 Å². The monoisotopic (exact) mass is 1080 g/mol. The van der Waals surface area contributed by atoms with Crippen LogP contribution >= 0.6 is 0 Å². The molecule has 0 heterocycles. The maximum absolute atomic E-state index is 12.8. The molecule has 0 N–H and O–H groups in total. The zero-order valence-electron chi connectivity index (χ0n) is 51.5. The highest BCUT2D eigenvalue weighted by Gasteiger charge is 2.19. The summed E-state index contributed by atoms with van der Waals surface area (Å²) in [5.74, 6) is -0.912. The largest absolute Gasteiger partial charge is 0.462 e. The second-order valence-electron chi connectivity index (χ2n) is 22.7. The van der Waals surface area contributed by atoms with Crippen LogP contribution in [0.1, 0.15) is 355 Å². The van der Waals surface area contributed by atoms with E-state index in [-0.39, 0.29) is 31.1 Å². The van der Waals surface area contributed by atoms with Gasteiger partial charge < -0.3 is 14.2 Å². The van der Waals surface area contributed by atoms with Crippen molar-refractivity contribution in [3.05, 3.63) is 60.8 Å². The predicted octanol–water partition coefficient (Wildman–Crippen LogP) is 23.1. The normalized spacial score (nSPS) is 12.4. The third-order valence-electron chi connectivity index (χ3n) is 15.0. The summed E-state index contributed by atoms with van der Waals surface area (Å²) in [6, 6.07) is 0. The first-order valence-electron chi connectivity index (χ1n) is 33.8. The summed E-state index contributed by atoms with van der Waals surface area (Å²) in [4.78, 5) is 38.1. The molecule has 0 aliphatic carbocycles. The molecular weight excluding hydrogens is 949 g/mol. The van der Waals surface area contributed by atoms with Crippen LogP contribution in [0.2, 0.25) is 0 Å². The number of esters is 3. The molecule has 0 rings (SSSR count). The van der Waals surface area contributed by atoms with Crippen molar-refractivity contribution in [1.82, 2.24) is 0 Å². The van der Waals surface area contributed by atoms with Crippen LogP contribution in [0.4, 0.5) is 0 Å². The minimum Gasteiger partial charge on any atom is -0.462 e. The van der Waals surface area contributed by atoms with Crippen molar-refractivity contribution in [2.45, 2.75) is 361 Å². The first-order chi connectivity index (χ1) is 38.0. The van der Waals surface area contributed by atoms with E-state index < -0.39 is 6.10 Å². The van der Waals surface area contributed by atoms with Gasteiger partial charge in [0.05, 0.1) is 0 Å². The van der Waals surface area contributed by atoms with Gasteiger partial charge in [-0.3, -0.25) is 14.4 Å². The summed E-state index contributed by atoms with van der Waals surface area (Å²) in [6.07, 6.45) is 84.3. The molecule has 77 heavy (non-hydrogen) atoms. The number of carbonyl (C=O) groups excluding carboxylic acids is 3. The topological polar surface area (TPSA) is 78.9 Å². The Labute approximate surface area is 479 Å². The summed E-state index contributed by atoms with van der Waals surface area (Å²) in [7, 11) is 0. The van der Waals surface area contributed by atoms with Crippen LogP contribution < -0.4 is 0 Å². The Morgan fingerprint density at radius 3 is 0.857 bits per heavy atom. The second-order valence-corrected chi connectivity index (χ2v) is 22.7. The molecule has 0 spiro atoms. The molecule has 0 saturated carbocycles. The number of allylic oxidation sites excluding steroid dienone is 10. The highest BCUT2D eigenvalue weighted by atomic mass is 16.6. The van der Waals surface area contributed by atoms with Gasteiger partial charge in [-0.05, 0) is 96.3 Å². The lowest BCUT2D eigenvalue weighted by molar-refractivity contribution is -0.167. The molecule has 0 aliphatic heterocycles. The van der Waals surface area contributed by atoms with Crippen LogP contribution in [-0.4, -0.2) is 37.2 Å². The smallest absolute Gasteiger partial charge is 0.306 e. The minimum atomic E-state index is -0.791. The lowest BCUT2D eigenvalue weighted by atomic mass is 10.0. The molecule has 0 saturated heterocycles. The van der Waals surface area contributed by atoms with Crippen LogP contribution in [0.3, 0.4) is 0 Å². The lowest BCUT2D eigenvalue weighted by Crippen LogP contribution is -2.30. The van der Waals surface area contributed by atoms with Gasteiger partial charge in [0, 0.05) is 19.3 Å². The number of ether oxygens (including phenoxy) is 3. The number of hydrogen-bond acceptors (Lipinski definition) is 6. The molecule has 448 valence electrons. The van der Waals surface area contributed by atoms with Gasteiger partial charge in [0.15, 0.2) is 6.10 Å². The fourth-order valence-electron chi connectivity index (χ4n) is 9.91. The van der Waals surface area contributed by atoms with Crippen LogP contribution in [0.15, 0.2) is 60.8 Å². The van der Waals surface area contributed by atoms with Crippen molar-refractivity contribution in [2.75, 3.05) is 13.2 Å². The molecule has 0 aromatic heterocycles. The van der Waals surface area contributed by atoms with Crippen molar-refractivity contribution in [3.8, 4) is 0 Å². The first-order valence-corrected chi connectivity index (χ1v) is 33.8. The Morgan fingerprint density at radius 1 is 0.273 bits per heavy atom. The van der Waals surface area contributed by atoms with Gasteiger partial charge in [-0.25, -0.2) is 0 Å². The Morgan fingerprint density at radius 2 is 0.519 bits per heavy atom. The molecule has 0 radical (unpaired) electrons. The SMILES string of the molecule is CC/C=C\C/C=C\C/C=C\CCCCCC(=O)OC(COC(=O)CCCCCCC/C=C\CCCC)COC(=O)CCCCCCCCCCCCCCCCCCCCCCCCC/C=C\CCCCCCCCCC. The summed E-state index contributed by atoms with van der Waals surface area (Å²) in [5.41, 5.74) is 0. The molecule has 0 amide bonds. The van der Waals surface area contributed by atoms with E-state index in [4.69, 9.17) is 14.2 Å². The summed E-state index contributed by atoms with van der Waals surface area (Å²) >= 11 is 0. The number of hydrogen-bond donors (Lipinski definition) is 0. The van der Waals surface area contributed by atoms with E-state index in [2.05, 4.69) is 81.5 Å². The lowest BCUT2D eigenvalue weighted by Gasteiger charge is -2.18. The van der Waals surface area contributed by atoms with Crippen molar-refractivity contribution in [1.29, 1.82) is 0 Å². The fraction of sp³-hybridized carbons (Fsp3) is 0.817. The molecule has 1 atom stereocenters. The van der Waals surface area contributed by atoms with Gasteiger partial charge in [0.25, 0.3) is 0 Å². The molecule has 0 aromatic rings. The van der Waals surface area contributed by atoms with Gasteiger partial charge in [-0.1, -0.05) is 300 Å². The van der Waals surface area contributed by atoms with Gasteiger partial charge in [0.2, 0.25) is 0 Å². The van der Waals surface area contributed by atoms with E-state index >= 15 is 0 Å². The van der Waals surface area contributed by atoms with Crippen molar-refractivity contribution in [3.63, 3.8) is 0 Å². The van der Waals surface area contributed by atoms with Gasteiger partial charge >= 0.3 is 17.9 Å². The van der Waals surface area contributed by atoms with Crippen molar-refractivity contribution in [2.24, 2.45) is 0 Å². The predicted molar refractivity (Wildman–Crippen MR) is 335 cm³/mol. The van der Waals surface area contributed by atoms with Crippen LogP contribution in [0.5, 0.6) is 0 Å². The maximum atomic E-state index is 12.8. The molecule has 0 bridgehead atoms. The minimum absolute atomic E-state index is 0.0859. The zero-order chi connectivity index (χ0) is 55.7. The molecular formula is C71H128O6. The van der Waals surface area contributed by atoms with Crippen molar-refractivity contribution >= 4 is 17.9 Å². The zero-order valence-corrected chi connectivity index (χ0v) is 51.5. The van der Waals surface area contributed by atoms with E-state index in [0.29, 0.717) is 19.3 Å². The Balaban J connectivity index is 4.00. The molecule has 0 aromatic carbocycles. The fourth-order valence-corrected chi connectivity index (χ4v) is 9.91. The third kappa shape index (κ3) is 63.8. The van der Waals surface area contributed by atoms with Crippen molar-refractivity contribution < 1.29 is 28.6 Å². The highest BCUT2D eigenvalue weighted by Crippen LogP contribution is 2.18. The van der Waals surface area contributed by atoms with Crippen LogP contribution in [0, 0.1) is 0 Å². The van der Waals surface area contributed by atoms with E-state index in [1.807, 2.05) is 0 Å². The summed E-state index contributed by atoms with van der Waals surface area (Å²) in [6.45, 7) is 6.49. The summed E-state index contributed by atoms with van der Waals surface area (Å²) in [5, 5.41) is 0. The Kier molecular flexibility index (Phi) is 63.2. The molecule has 0 aliphatic rings. The Hall–Kier alpha value is -2.89. The van der Waals surface area contributed by atoms with Gasteiger partial charge in [-0.15, -0.1) is 0 Å². The van der Waals surface area contributed by atoms with E-state index in [1.54, 1.807) is 0 Å². The van der Waals surface area contributed by atoms with E-state index in [9.17, 15) is 14.4 Å². The Bertz CT molecular complexity index is 1380. The molecule has 6 nitrogen and oxygen atoms in total. The molecule has 0 fully saturated rings. The standard InChI is InChI=1S/C71H128O6/c1-4-7-10-13-16-19-22-24-25-26-27-28-29-30-31-32-33-34-35-36-37-38-39-40-41-42-43-44-45-47-49-52-55-58-61-64-70(73)76-67-68(66-75-69(72)63-60-57-54-51-48-21-18-15-12-9-6-3)77-71(74)65-62-59-56-53-50-46-23-20-17-14-11-8-5-2/h8,11,15,17-18,20,26-27,46,50,68H,4-7,9-10,12-14,16,19,21-25,28-45,47-49,51-67H2,1-3H3/b11-8-,18-15-,20-17-,27-26-,50-46-. The van der Waals surface area contributed by atoms with E-state index in [0.717, 1.165) is 89.9 Å². The number of rotatable bonds is 62. The maximum Gasteiger partial charge on any atom is 0.306 e. The average molecular weight is 1080 g/mol. The highest BCUT2D eigenvalue weighted by molar-refractivity contribution is 5.71. The second kappa shape index (κ2) is 65.6. The van der Waals surface area contributed by atoms with E-state index in [1.165, 1.54) is 225 Å². The molecule has 1 unspecified atom stereocenters.